The number of fused-ring (bicyclic) bond motifs is 1. The van der Waals surface area contributed by atoms with Crippen LogP contribution in [0.5, 0.6) is 5.75 Å². The molecule has 0 aliphatic carbocycles. The summed E-state index contributed by atoms with van der Waals surface area (Å²) in [6, 6.07) is 8.79. The van der Waals surface area contributed by atoms with Crippen molar-refractivity contribution in [3.05, 3.63) is 54.9 Å². The molecule has 3 rings (SSSR count). The number of rotatable bonds is 8. The van der Waals surface area contributed by atoms with E-state index in [1.54, 1.807) is 6.07 Å². The lowest BCUT2D eigenvalue weighted by atomic mass is 10.3. The zero-order valence-corrected chi connectivity index (χ0v) is 16.6. The fraction of sp³-hybridized carbons (Fsp3) is 0.188. The molecule has 0 saturated heterocycles. The first-order chi connectivity index (χ1) is 14.0. The Labute approximate surface area is 169 Å². The Morgan fingerprint density at radius 3 is 2.53 bits per heavy atom. The molecule has 2 heterocycles. The third kappa shape index (κ3) is 5.61. The molecule has 9 nitrogen and oxygen atoms in total. The standard InChI is InChI=1S/C16H15F3N4O5S2/c17-16(18,19)28-14-3-1-2-4-15(14)30(26,27)21-8-10-29(24,25)22-12-6-9-23-13(11-12)5-7-20-23/h1-7,9,11,21-22H,8,10H2. The topological polar surface area (TPSA) is 119 Å². The number of sulfonamides is 2. The molecule has 0 amide bonds. The van der Waals surface area contributed by atoms with E-state index in [1.165, 1.54) is 41.2 Å². The highest BCUT2D eigenvalue weighted by Crippen LogP contribution is 2.29. The quantitative estimate of drug-likeness (QED) is 0.526. The van der Waals surface area contributed by atoms with Gasteiger partial charge in [0.1, 0.15) is 10.6 Å². The molecule has 0 spiro atoms. The van der Waals surface area contributed by atoms with E-state index in [-0.39, 0.29) is 5.69 Å². The van der Waals surface area contributed by atoms with E-state index in [4.69, 9.17) is 0 Å². The molecular formula is C16H15F3N4O5S2. The third-order valence-corrected chi connectivity index (χ3v) is 6.49. The van der Waals surface area contributed by atoms with Gasteiger partial charge >= 0.3 is 6.36 Å². The molecule has 0 unspecified atom stereocenters. The molecule has 0 radical (unpaired) electrons. The lowest BCUT2D eigenvalue weighted by molar-refractivity contribution is -0.275. The molecule has 3 aromatic rings. The molecule has 0 aliphatic rings. The highest BCUT2D eigenvalue weighted by atomic mass is 32.2. The van der Waals surface area contributed by atoms with Crippen molar-refractivity contribution in [1.29, 1.82) is 0 Å². The van der Waals surface area contributed by atoms with E-state index in [0.717, 1.165) is 12.1 Å². The number of nitrogens with one attached hydrogen (secondary N) is 2. The molecular weight excluding hydrogens is 449 g/mol. The highest BCUT2D eigenvalue weighted by Gasteiger charge is 2.34. The molecule has 1 aromatic carbocycles. The summed E-state index contributed by atoms with van der Waals surface area (Å²) in [6.07, 6.45) is -2.02. The second-order valence-electron chi connectivity index (χ2n) is 5.93. The first-order valence-corrected chi connectivity index (χ1v) is 11.4. The molecule has 0 aliphatic heterocycles. The van der Waals surface area contributed by atoms with Crippen LogP contribution in [0, 0.1) is 0 Å². The van der Waals surface area contributed by atoms with Gasteiger partial charge < -0.3 is 4.74 Å². The summed E-state index contributed by atoms with van der Waals surface area (Å²) in [5.74, 6) is -1.58. The summed E-state index contributed by atoms with van der Waals surface area (Å²) in [5, 5.41) is 3.97. The van der Waals surface area contributed by atoms with Crippen LogP contribution in [0.2, 0.25) is 0 Å². The van der Waals surface area contributed by atoms with Crippen molar-refractivity contribution in [2.24, 2.45) is 0 Å². The molecule has 0 fully saturated rings. The van der Waals surface area contributed by atoms with Crippen LogP contribution in [0.1, 0.15) is 0 Å². The monoisotopic (exact) mass is 464 g/mol. The summed E-state index contributed by atoms with van der Waals surface area (Å²) in [6.45, 7) is -0.576. The van der Waals surface area contributed by atoms with Crippen molar-refractivity contribution in [3.63, 3.8) is 0 Å². The van der Waals surface area contributed by atoms with Crippen LogP contribution in [0.3, 0.4) is 0 Å². The summed E-state index contributed by atoms with van der Waals surface area (Å²) < 4.78 is 96.0. The average molecular weight is 464 g/mol. The largest absolute Gasteiger partial charge is 0.573 e. The number of ether oxygens (including phenoxy) is 1. The number of para-hydroxylation sites is 1. The predicted molar refractivity (Wildman–Crippen MR) is 101 cm³/mol. The van der Waals surface area contributed by atoms with Gasteiger partial charge in [-0.15, -0.1) is 13.2 Å². The van der Waals surface area contributed by atoms with Crippen molar-refractivity contribution in [2.75, 3.05) is 17.0 Å². The minimum atomic E-state index is -5.09. The molecule has 2 N–H and O–H groups in total. The SMILES string of the molecule is O=S(=O)(CCNS(=O)(=O)c1ccccc1OC(F)(F)F)Nc1ccn2nccc2c1. The minimum absolute atomic E-state index is 0.245. The lowest BCUT2D eigenvalue weighted by Crippen LogP contribution is -2.32. The minimum Gasteiger partial charge on any atom is -0.404 e. The Hall–Kier alpha value is -2.84. The van der Waals surface area contributed by atoms with Crippen molar-refractivity contribution >= 4 is 31.3 Å². The Kier molecular flexibility index (Phi) is 5.92. The van der Waals surface area contributed by atoms with Gasteiger partial charge in [-0.2, -0.15) is 5.10 Å². The summed E-state index contributed by atoms with van der Waals surface area (Å²) in [5.41, 5.74) is 0.881. The van der Waals surface area contributed by atoms with Gasteiger partial charge in [0.05, 0.1) is 17.0 Å². The van der Waals surface area contributed by atoms with Crippen molar-refractivity contribution in [1.82, 2.24) is 14.3 Å². The third-order valence-electron chi connectivity index (χ3n) is 3.70. The fourth-order valence-electron chi connectivity index (χ4n) is 2.49. The number of hydrogen-bond donors (Lipinski definition) is 2. The van der Waals surface area contributed by atoms with Crippen LogP contribution in [0.25, 0.3) is 5.52 Å². The van der Waals surface area contributed by atoms with Crippen molar-refractivity contribution in [3.8, 4) is 5.75 Å². The molecule has 30 heavy (non-hydrogen) atoms. The van der Waals surface area contributed by atoms with Gasteiger partial charge in [-0.05, 0) is 30.3 Å². The van der Waals surface area contributed by atoms with Gasteiger partial charge in [-0.25, -0.2) is 26.1 Å². The van der Waals surface area contributed by atoms with E-state index < -0.39 is 49.4 Å². The van der Waals surface area contributed by atoms with Crippen LogP contribution in [-0.4, -0.2) is 45.1 Å². The van der Waals surface area contributed by atoms with Crippen molar-refractivity contribution < 1.29 is 34.7 Å². The van der Waals surface area contributed by atoms with Crippen LogP contribution in [-0.2, 0) is 20.0 Å². The highest BCUT2D eigenvalue weighted by molar-refractivity contribution is 7.92. The molecule has 0 saturated carbocycles. The zero-order valence-electron chi connectivity index (χ0n) is 15.0. The predicted octanol–water partition coefficient (Wildman–Crippen LogP) is 1.95. The number of benzene rings is 1. The number of hydrogen-bond acceptors (Lipinski definition) is 6. The number of alkyl halides is 3. The van der Waals surface area contributed by atoms with E-state index in [2.05, 4.69) is 14.6 Å². The second kappa shape index (κ2) is 8.12. The Morgan fingerprint density at radius 1 is 1.07 bits per heavy atom. The Balaban J connectivity index is 1.66. The van der Waals surface area contributed by atoms with Crippen LogP contribution < -0.4 is 14.2 Å². The number of aromatic nitrogens is 2. The van der Waals surface area contributed by atoms with E-state index in [9.17, 15) is 30.0 Å². The number of anilines is 1. The molecule has 0 bridgehead atoms. The van der Waals surface area contributed by atoms with E-state index in [0.29, 0.717) is 5.52 Å². The normalized spacial score (nSPS) is 12.8. The van der Waals surface area contributed by atoms with Gasteiger partial charge in [-0.3, -0.25) is 4.72 Å². The maximum absolute atomic E-state index is 12.5. The van der Waals surface area contributed by atoms with E-state index in [1.807, 2.05) is 4.72 Å². The zero-order chi connectivity index (χ0) is 22.0. The number of pyridine rings is 1. The molecule has 14 heteroatoms. The Bertz CT molecular complexity index is 1260. The first-order valence-electron chi connectivity index (χ1n) is 8.24. The van der Waals surface area contributed by atoms with Crippen LogP contribution in [0.15, 0.2) is 59.8 Å². The van der Waals surface area contributed by atoms with Crippen LogP contribution in [0.4, 0.5) is 18.9 Å². The Morgan fingerprint density at radius 2 is 1.80 bits per heavy atom. The van der Waals surface area contributed by atoms with Gasteiger partial charge in [0.25, 0.3) is 0 Å². The maximum Gasteiger partial charge on any atom is 0.573 e. The molecule has 0 atom stereocenters. The number of halogens is 3. The average Bonchev–Trinajstić information content (AvgIpc) is 3.07. The smallest absolute Gasteiger partial charge is 0.404 e. The first kappa shape index (κ1) is 21.9. The van der Waals surface area contributed by atoms with Gasteiger partial charge in [0.2, 0.25) is 20.0 Å². The van der Waals surface area contributed by atoms with Gasteiger partial charge in [0.15, 0.2) is 0 Å². The number of nitrogens with zero attached hydrogens (tertiary/aromatic N) is 2. The lowest BCUT2D eigenvalue weighted by Gasteiger charge is -2.14. The fourth-order valence-corrected chi connectivity index (χ4v) is 4.73. The van der Waals surface area contributed by atoms with Gasteiger partial charge in [0, 0.05) is 18.9 Å². The van der Waals surface area contributed by atoms with Crippen molar-refractivity contribution in [2.45, 2.75) is 11.3 Å². The second-order valence-corrected chi connectivity index (χ2v) is 9.51. The van der Waals surface area contributed by atoms with Crippen LogP contribution >= 0.6 is 0 Å². The summed E-state index contributed by atoms with van der Waals surface area (Å²) >= 11 is 0. The van der Waals surface area contributed by atoms with E-state index >= 15 is 0 Å². The summed E-state index contributed by atoms with van der Waals surface area (Å²) in [7, 11) is -8.41. The molecule has 162 valence electrons. The maximum atomic E-state index is 12.5. The molecule has 2 aromatic heterocycles. The summed E-state index contributed by atoms with van der Waals surface area (Å²) in [4.78, 5) is -0.765. The van der Waals surface area contributed by atoms with Gasteiger partial charge in [-0.1, -0.05) is 12.1 Å².